The molecule has 3 aromatic rings. The van der Waals surface area contributed by atoms with Crippen LogP contribution in [0.15, 0.2) is 54.6 Å². The zero-order valence-corrected chi connectivity index (χ0v) is 16.1. The minimum absolute atomic E-state index is 0.228. The number of aromatic nitrogens is 3. The molecule has 9 heteroatoms. The molecule has 0 spiro atoms. The molecule has 1 aliphatic heterocycles. The summed E-state index contributed by atoms with van der Waals surface area (Å²) in [4.78, 5) is 29.2. The average molecular weight is 411 g/mol. The maximum absolute atomic E-state index is 14.9. The van der Waals surface area contributed by atoms with Gasteiger partial charge in [0.15, 0.2) is 6.04 Å². The van der Waals surface area contributed by atoms with Gasteiger partial charge in [-0.1, -0.05) is 48.5 Å². The Hall–Kier alpha value is -3.62. The van der Waals surface area contributed by atoms with Crippen molar-refractivity contribution in [1.29, 1.82) is 0 Å². The lowest BCUT2D eigenvalue weighted by Crippen LogP contribution is -2.56. The van der Waals surface area contributed by atoms with E-state index in [4.69, 9.17) is 0 Å². The summed E-state index contributed by atoms with van der Waals surface area (Å²) in [6.07, 6.45) is -0.266. The molecule has 154 valence electrons. The second-order valence-electron chi connectivity index (χ2n) is 7.15. The van der Waals surface area contributed by atoms with E-state index in [1.54, 1.807) is 24.3 Å². The van der Waals surface area contributed by atoms with E-state index >= 15 is 0 Å². The molecule has 0 saturated heterocycles. The molecule has 2 N–H and O–H groups in total. The first-order chi connectivity index (χ1) is 14.3. The van der Waals surface area contributed by atoms with Gasteiger partial charge < -0.3 is 15.2 Å². The molecule has 0 radical (unpaired) electrons. The maximum Gasteiger partial charge on any atom is 0.289 e. The number of para-hydroxylation sites is 1. The van der Waals surface area contributed by atoms with Gasteiger partial charge in [-0.05, 0) is 17.2 Å². The largest absolute Gasteiger partial charge is 0.332 e. The number of amides is 2. The number of H-pyrrole nitrogens is 1. The third kappa shape index (κ3) is 3.78. The molecule has 4 rings (SSSR count). The molecular formula is C21H19F2N5O2. The molecule has 0 saturated carbocycles. The van der Waals surface area contributed by atoms with Gasteiger partial charge in [-0.15, -0.1) is 10.2 Å². The zero-order chi connectivity index (χ0) is 21.3. The van der Waals surface area contributed by atoms with Crippen LogP contribution in [0.3, 0.4) is 0 Å². The number of rotatable bonds is 4. The first-order valence-electron chi connectivity index (χ1n) is 9.35. The number of carbonyl (C=O) groups excluding carboxylic acids is 2. The van der Waals surface area contributed by atoms with Gasteiger partial charge in [-0.2, -0.15) is 0 Å². The van der Waals surface area contributed by atoms with Gasteiger partial charge in [-0.25, -0.2) is 8.78 Å². The van der Waals surface area contributed by atoms with Gasteiger partial charge >= 0.3 is 0 Å². The van der Waals surface area contributed by atoms with E-state index in [-0.39, 0.29) is 5.82 Å². The average Bonchev–Trinajstić information content (AvgIpc) is 3.17. The second-order valence-corrected chi connectivity index (χ2v) is 7.15. The molecule has 1 aliphatic rings. The fourth-order valence-electron chi connectivity index (χ4n) is 3.47. The smallest absolute Gasteiger partial charge is 0.289 e. The number of nitrogens with zero attached hydrogens (tertiary/aromatic N) is 3. The molecule has 0 bridgehead atoms. The number of likely N-dealkylation sites (N-methyl/N-ethyl adjacent to an activating group) is 1. The van der Waals surface area contributed by atoms with Crippen molar-refractivity contribution >= 4 is 17.5 Å². The number of hydrogen-bond acceptors (Lipinski definition) is 4. The first kappa shape index (κ1) is 19.7. The van der Waals surface area contributed by atoms with Crippen molar-refractivity contribution in [3.63, 3.8) is 0 Å². The Labute approximate surface area is 171 Å². The van der Waals surface area contributed by atoms with Crippen molar-refractivity contribution in [2.75, 3.05) is 11.9 Å². The topological polar surface area (TPSA) is 91.0 Å². The molecule has 0 fully saturated rings. The van der Waals surface area contributed by atoms with Crippen molar-refractivity contribution < 1.29 is 18.4 Å². The third-order valence-corrected chi connectivity index (χ3v) is 5.02. The lowest BCUT2D eigenvalue weighted by molar-refractivity contribution is -0.129. The molecule has 0 unspecified atom stereocenters. The van der Waals surface area contributed by atoms with Gasteiger partial charge in [-0.3, -0.25) is 9.59 Å². The number of hydrogen-bond donors (Lipinski definition) is 2. The van der Waals surface area contributed by atoms with Gasteiger partial charge in [0, 0.05) is 25.6 Å². The van der Waals surface area contributed by atoms with Crippen molar-refractivity contribution in [2.45, 2.75) is 24.8 Å². The zero-order valence-electron chi connectivity index (χ0n) is 16.1. The minimum atomic E-state index is -3.47. The van der Waals surface area contributed by atoms with E-state index < -0.39 is 30.2 Å². The summed E-state index contributed by atoms with van der Waals surface area (Å²) < 4.78 is 29.8. The van der Waals surface area contributed by atoms with Gasteiger partial charge in [0.2, 0.25) is 5.82 Å². The highest BCUT2D eigenvalue weighted by Gasteiger charge is 2.49. The number of aromatic amines is 1. The molecule has 2 aromatic carbocycles. The second kappa shape index (κ2) is 7.66. The quantitative estimate of drug-likeness (QED) is 0.690. The molecule has 0 aliphatic carbocycles. The van der Waals surface area contributed by atoms with Crippen LogP contribution < -0.4 is 10.2 Å². The fourth-order valence-corrected chi connectivity index (χ4v) is 3.47. The number of alkyl halides is 2. The predicted octanol–water partition coefficient (Wildman–Crippen LogP) is 2.35. The standard InChI is InChI=1S/C21H19F2N5O2/c1-28-15-10-6-5-9-14(15)12-21(22,23)17(20(28)30)25-19(29)18-24-16(26-27-18)11-13-7-3-2-4-8-13/h2-10,17H,11-12H2,1H3,(H,25,29)(H,24,26,27)/t17-/m1/s1. The van der Waals surface area contributed by atoms with E-state index in [0.717, 1.165) is 10.5 Å². The van der Waals surface area contributed by atoms with Crippen LogP contribution in [0, 0.1) is 0 Å². The molecule has 1 atom stereocenters. The highest BCUT2D eigenvalue weighted by molar-refractivity contribution is 6.02. The Morgan fingerprint density at radius 1 is 1.17 bits per heavy atom. The predicted molar refractivity (Wildman–Crippen MR) is 105 cm³/mol. The number of fused-ring (bicyclic) bond motifs is 1. The highest BCUT2D eigenvalue weighted by Crippen LogP contribution is 2.34. The van der Waals surface area contributed by atoms with Crippen LogP contribution in [0.1, 0.15) is 27.6 Å². The van der Waals surface area contributed by atoms with Gasteiger partial charge in [0.05, 0.1) is 0 Å². The number of anilines is 1. The van der Waals surface area contributed by atoms with Crippen LogP contribution in [0.2, 0.25) is 0 Å². The van der Waals surface area contributed by atoms with E-state index in [1.165, 1.54) is 7.05 Å². The third-order valence-electron chi connectivity index (χ3n) is 5.02. The van der Waals surface area contributed by atoms with Crippen LogP contribution >= 0.6 is 0 Å². The summed E-state index contributed by atoms with van der Waals surface area (Å²) in [5, 5.41) is 9.79. The number of nitrogens with one attached hydrogen (secondary N) is 2. The lowest BCUT2D eigenvalue weighted by atomic mass is 10.0. The fraction of sp³-hybridized carbons (Fsp3) is 0.238. The SMILES string of the molecule is CN1C(=O)[C@@H](NC(=O)c2nnc(Cc3ccccc3)[nH]2)C(F)(F)Cc2ccccc21. The molecule has 2 amide bonds. The summed E-state index contributed by atoms with van der Waals surface area (Å²) in [5.41, 5.74) is 1.68. The van der Waals surface area contributed by atoms with Gasteiger partial charge in [0.25, 0.3) is 17.7 Å². The monoisotopic (exact) mass is 411 g/mol. The van der Waals surface area contributed by atoms with Crippen LogP contribution in [-0.2, 0) is 17.6 Å². The summed E-state index contributed by atoms with van der Waals surface area (Å²) in [7, 11) is 1.41. The Balaban J connectivity index is 1.53. The Kier molecular flexibility index (Phi) is 5.03. The van der Waals surface area contributed by atoms with Crippen LogP contribution in [0.4, 0.5) is 14.5 Å². The Morgan fingerprint density at radius 3 is 2.63 bits per heavy atom. The first-order valence-corrected chi connectivity index (χ1v) is 9.35. The molecule has 1 aromatic heterocycles. The van der Waals surface area contributed by atoms with Crippen molar-refractivity contribution in [3.05, 3.63) is 77.4 Å². The van der Waals surface area contributed by atoms with E-state index in [0.29, 0.717) is 23.5 Å². The summed E-state index contributed by atoms with van der Waals surface area (Å²) in [6, 6.07) is 13.8. The van der Waals surface area contributed by atoms with Crippen LogP contribution in [-0.4, -0.2) is 46.0 Å². The summed E-state index contributed by atoms with van der Waals surface area (Å²) >= 11 is 0. The van der Waals surface area contributed by atoms with E-state index in [9.17, 15) is 18.4 Å². The molecule has 2 heterocycles. The number of carbonyl (C=O) groups is 2. The van der Waals surface area contributed by atoms with Crippen molar-refractivity contribution in [1.82, 2.24) is 20.5 Å². The Bertz CT molecular complexity index is 1080. The van der Waals surface area contributed by atoms with Crippen molar-refractivity contribution in [2.24, 2.45) is 0 Å². The molecular weight excluding hydrogens is 392 g/mol. The number of benzene rings is 2. The lowest BCUT2D eigenvalue weighted by Gasteiger charge is -2.26. The van der Waals surface area contributed by atoms with Crippen LogP contribution in [0.5, 0.6) is 0 Å². The van der Waals surface area contributed by atoms with Crippen LogP contribution in [0.25, 0.3) is 0 Å². The normalized spacial score (nSPS) is 17.9. The minimum Gasteiger partial charge on any atom is -0.332 e. The molecule has 30 heavy (non-hydrogen) atoms. The maximum atomic E-state index is 14.9. The van der Waals surface area contributed by atoms with Gasteiger partial charge in [0.1, 0.15) is 5.82 Å². The van der Waals surface area contributed by atoms with E-state index in [2.05, 4.69) is 20.5 Å². The summed E-state index contributed by atoms with van der Waals surface area (Å²) in [5.74, 6) is -5.11. The number of halogens is 2. The van der Waals surface area contributed by atoms with E-state index in [1.807, 2.05) is 30.3 Å². The Morgan fingerprint density at radius 2 is 1.87 bits per heavy atom. The highest BCUT2D eigenvalue weighted by atomic mass is 19.3. The summed E-state index contributed by atoms with van der Waals surface area (Å²) in [6.45, 7) is 0. The van der Waals surface area contributed by atoms with Crippen molar-refractivity contribution in [3.8, 4) is 0 Å². The molecule has 7 nitrogen and oxygen atoms in total.